The number of fused-ring (bicyclic) bond motifs is 2. The van der Waals surface area contributed by atoms with Gasteiger partial charge in [0.2, 0.25) is 5.95 Å². The molecule has 0 saturated heterocycles. The molecule has 9 nitrogen and oxygen atoms in total. The summed E-state index contributed by atoms with van der Waals surface area (Å²) in [6.07, 6.45) is 1.73. The number of hydrogen-bond acceptors (Lipinski definition) is 7. The molecular weight excluding hydrogens is 516 g/mol. The Balaban J connectivity index is 1.27. The number of nitrogens with zero attached hydrogens (tertiary/aromatic N) is 4. The minimum absolute atomic E-state index is 0.0275. The maximum atomic E-state index is 13.0. The number of rotatable bonds is 9. The van der Waals surface area contributed by atoms with Crippen LogP contribution in [-0.4, -0.2) is 45.5 Å². The number of amides is 1. The first kappa shape index (κ1) is 26.0. The van der Waals surface area contributed by atoms with Crippen LogP contribution in [-0.2, 0) is 0 Å². The highest BCUT2D eigenvalue weighted by Crippen LogP contribution is 2.29. The molecule has 0 radical (unpaired) electrons. The van der Waals surface area contributed by atoms with Crippen LogP contribution in [0, 0.1) is 0 Å². The number of nitrogens with one attached hydrogen (secondary N) is 1. The highest BCUT2D eigenvalue weighted by atomic mass is 16.5. The Hall–Kier alpha value is -5.25. The van der Waals surface area contributed by atoms with Crippen molar-refractivity contribution in [2.45, 2.75) is 0 Å². The van der Waals surface area contributed by atoms with Crippen molar-refractivity contribution in [2.75, 3.05) is 30.1 Å². The number of anilines is 3. The van der Waals surface area contributed by atoms with Crippen molar-refractivity contribution in [2.24, 2.45) is 5.73 Å². The fraction of sp³-hybridized carbons (Fsp3) is 0.0938. The molecule has 41 heavy (non-hydrogen) atoms. The van der Waals surface area contributed by atoms with Crippen LogP contribution in [0.3, 0.4) is 0 Å². The molecule has 4 N–H and O–H groups in total. The molecule has 2 aromatic heterocycles. The molecule has 0 saturated carbocycles. The second-order valence-electron chi connectivity index (χ2n) is 9.38. The third-order valence-corrected chi connectivity index (χ3v) is 6.73. The summed E-state index contributed by atoms with van der Waals surface area (Å²) in [5, 5.41) is 18.9. The van der Waals surface area contributed by atoms with E-state index in [0.29, 0.717) is 17.2 Å². The van der Waals surface area contributed by atoms with Crippen molar-refractivity contribution < 1.29 is 14.6 Å². The molecule has 0 aliphatic rings. The lowest BCUT2D eigenvalue weighted by Crippen LogP contribution is -2.36. The summed E-state index contributed by atoms with van der Waals surface area (Å²) in [4.78, 5) is 19.4. The van der Waals surface area contributed by atoms with E-state index in [0.717, 1.165) is 39.0 Å². The quantitative estimate of drug-likeness (QED) is 0.213. The molecule has 0 unspecified atom stereocenters. The molecule has 1 amide bonds. The Bertz CT molecular complexity index is 1820. The summed E-state index contributed by atoms with van der Waals surface area (Å²) < 4.78 is 7.29. The summed E-state index contributed by atoms with van der Waals surface area (Å²) in [5.41, 5.74) is 10.6. The molecule has 0 spiro atoms. The maximum Gasteiger partial charge on any atom is 0.259 e. The van der Waals surface area contributed by atoms with Crippen molar-refractivity contribution >= 4 is 39.5 Å². The van der Waals surface area contributed by atoms with Crippen LogP contribution in [0.15, 0.2) is 109 Å². The van der Waals surface area contributed by atoms with Crippen LogP contribution in [0.1, 0.15) is 10.4 Å². The lowest BCUT2D eigenvalue weighted by Gasteiger charge is -2.21. The van der Waals surface area contributed by atoms with Gasteiger partial charge in [-0.3, -0.25) is 9.69 Å². The highest BCUT2D eigenvalue weighted by molar-refractivity contribution is 6.06. The van der Waals surface area contributed by atoms with Crippen molar-refractivity contribution in [1.29, 1.82) is 0 Å². The second-order valence-corrected chi connectivity index (χ2v) is 9.38. The Labute approximate surface area is 236 Å². The fourth-order valence-electron chi connectivity index (χ4n) is 4.69. The van der Waals surface area contributed by atoms with Gasteiger partial charge in [0.25, 0.3) is 5.91 Å². The summed E-state index contributed by atoms with van der Waals surface area (Å²) >= 11 is 0. The molecule has 0 aliphatic heterocycles. The van der Waals surface area contributed by atoms with Crippen LogP contribution in [0.5, 0.6) is 5.75 Å². The molecule has 2 heterocycles. The van der Waals surface area contributed by atoms with Crippen molar-refractivity contribution in [1.82, 2.24) is 14.6 Å². The van der Waals surface area contributed by atoms with E-state index in [1.807, 2.05) is 84.9 Å². The predicted octanol–water partition coefficient (Wildman–Crippen LogP) is 5.23. The van der Waals surface area contributed by atoms with Gasteiger partial charge in [-0.1, -0.05) is 36.4 Å². The zero-order chi connectivity index (χ0) is 28.2. The molecule has 0 bridgehead atoms. The monoisotopic (exact) mass is 544 g/mol. The topological polar surface area (TPSA) is 118 Å². The number of aliphatic hydroxyl groups is 1. The lowest BCUT2D eigenvalue weighted by molar-refractivity contribution is 0.0987. The molecule has 4 aromatic carbocycles. The Kier molecular flexibility index (Phi) is 7.27. The van der Waals surface area contributed by atoms with Gasteiger partial charge >= 0.3 is 0 Å². The first-order valence-electron chi connectivity index (χ1n) is 13.2. The van der Waals surface area contributed by atoms with Crippen molar-refractivity contribution in [3.8, 4) is 17.0 Å². The molecule has 6 aromatic rings. The number of benzene rings is 4. The summed E-state index contributed by atoms with van der Waals surface area (Å²) in [5.74, 6) is 1.11. The van der Waals surface area contributed by atoms with Gasteiger partial charge in [0.1, 0.15) is 12.4 Å². The normalized spacial score (nSPS) is 11.1. The lowest BCUT2D eigenvalue weighted by atomic mass is 10.0. The van der Waals surface area contributed by atoms with E-state index in [9.17, 15) is 4.79 Å². The molecule has 0 fully saturated rings. The average Bonchev–Trinajstić information content (AvgIpc) is 3.50. The zero-order valence-corrected chi connectivity index (χ0v) is 22.1. The molecular formula is C32H28N6O3. The van der Waals surface area contributed by atoms with E-state index in [4.69, 9.17) is 20.6 Å². The van der Waals surface area contributed by atoms with E-state index < -0.39 is 0 Å². The minimum Gasteiger partial charge on any atom is -0.491 e. The van der Waals surface area contributed by atoms with Crippen LogP contribution in [0.2, 0.25) is 0 Å². The maximum absolute atomic E-state index is 13.0. The Morgan fingerprint density at radius 1 is 0.927 bits per heavy atom. The van der Waals surface area contributed by atoms with Crippen molar-refractivity contribution in [3.63, 3.8) is 0 Å². The van der Waals surface area contributed by atoms with Gasteiger partial charge in [0.05, 0.1) is 30.7 Å². The minimum atomic E-state index is -0.161. The van der Waals surface area contributed by atoms with Crippen LogP contribution < -0.4 is 20.7 Å². The fourth-order valence-corrected chi connectivity index (χ4v) is 4.69. The van der Waals surface area contributed by atoms with Gasteiger partial charge in [0, 0.05) is 22.5 Å². The third kappa shape index (κ3) is 5.44. The van der Waals surface area contributed by atoms with Gasteiger partial charge in [-0.05, 0) is 77.5 Å². The summed E-state index contributed by atoms with van der Waals surface area (Å²) in [6.45, 7) is 0.287. The van der Waals surface area contributed by atoms with Crippen molar-refractivity contribution in [3.05, 3.63) is 115 Å². The molecule has 204 valence electrons. The first-order chi connectivity index (χ1) is 20.1. The largest absolute Gasteiger partial charge is 0.491 e. The molecule has 6 rings (SSSR count). The first-order valence-corrected chi connectivity index (χ1v) is 13.2. The van der Waals surface area contributed by atoms with E-state index in [2.05, 4.69) is 16.5 Å². The van der Waals surface area contributed by atoms with Crippen LogP contribution in [0.25, 0.3) is 27.5 Å². The third-order valence-electron chi connectivity index (χ3n) is 6.73. The summed E-state index contributed by atoms with van der Waals surface area (Å²) in [6, 6.07) is 32.5. The van der Waals surface area contributed by atoms with E-state index >= 15 is 0 Å². The van der Waals surface area contributed by atoms with E-state index in [1.54, 1.807) is 22.8 Å². The number of hydrogen-bond donors (Lipinski definition) is 3. The highest BCUT2D eigenvalue weighted by Gasteiger charge is 2.16. The zero-order valence-electron chi connectivity index (χ0n) is 22.1. The van der Waals surface area contributed by atoms with Crippen LogP contribution >= 0.6 is 0 Å². The van der Waals surface area contributed by atoms with Crippen LogP contribution in [0.4, 0.5) is 17.3 Å². The Morgan fingerprint density at radius 3 is 2.49 bits per heavy atom. The smallest absolute Gasteiger partial charge is 0.259 e. The Morgan fingerprint density at radius 2 is 1.71 bits per heavy atom. The number of ether oxygens (including phenoxy) is 1. The van der Waals surface area contributed by atoms with E-state index in [1.165, 1.54) is 4.90 Å². The second kappa shape index (κ2) is 11.5. The number of carbonyl (C=O) groups is 1. The van der Waals surface area contributed by atoms with Gasteiger partial charge in [-0.15, -0.1) is 0 Å². The predicted molar refractivity (Wildman–Crippen MR) is 161 cm³/mol. The van der Waals surface area contributed by atoms with Gasteiger partial charge < -0.3 is 20.9 Å². The van der Waals surface area contributed by atoms with Gasteiger partial charge in [0.15, 0.2) is 0 Å². The van der Waals surface area contributed by atoms with Gasteiger partial charge in [-0.2, -0.15) is 5.10 Å². The number of aromatic nitrogens is 3. The average molecular weight is 545 g/mol. The molecule has 0 aliphatic carbocycles. The molecule has 0 atom stereocenters. The number of aliphatic hydroxyl groups excluding tert-OH is 1. The number of carbonyl (C=O) groups excluding carboxylic acids is 1. The summed E-state index contributed by atoms with van der Waals surface area (Å²) in [7, 11) is 0. The van der Waals surface area contributed by atoms with E-state index in [-0.39, 0.29) is 25.8 Å². The van der Waals surface area contributed by atoms with Gasteiger partial charge in [-0.25, -0.2) is 9.50 Å². The SMILES string of the molecule is NCN(C(=O)c1ccccc1)c1ccc(Nc2nc(-c3ccc4cc(OCCO)ccc4c3)cc3ccnn23)cc1. The molecule has 9 heteroatoms. The number of nitrogens with two attached hydrogens (primary N) is 1. The standard InChI is InChI=1S/C32H28N6O3/c33-21-37(31(40)22-4-2-1-3-5-22)27-11-9-26(10-12-27)35-32-36-30(20-28-14-15-34-38(28)32)25-7-6-24-19-29(41-17-16-39)13-8-23(24)18-25/h1-15,18-20,39H,16-17,21,33H2,(H,35,36).